The van der Waals surface area contributed by atoms with Crippen LogP contribution in [0.25, 0.3) is 0 Å². The molecule has 0 aromatic heterocycles. The number of hydrogen-bond acceptors (Lipinski definition) is 5. The minimum atomic E-state index is -2.15. The zero-order valence-electron chi connectivity index (χ0n) is 24.4. The van der Waals surface area contributed by atoms with E-state index < -0.39 is 26.6 Å². The Bertz CT molecular complexity index is 1110. The van der Waals surface area contributed by atoms with Crippen molar-refractivity contribution in [2.75, 3.05) is 13.7 Å². The first kappa shape index (κ1) is 29.4. The second-order valence-corrected chi connectivity index (χ2v) is 17.2. The number of ether oxygens (including phenoxy) is 1. The Kier molecular flexibility index (Phi) is 8.40. The average molecular weight is 526 g/mol. The number of aryl methyl sites for hydroxylation is 1. The van der Waals surface area contributed by atoms with Crippen LogP contribution >= 0.6 is 0 Å². The maximum Gasteiger partial charge on any atom is 0.494 e. The summed E-state index contributed by atoms with van der Waals surface area (Å²) in [5, 5.41) is 3.12. The highest BCUT2D eigenvalue weighted by atomic mass is 28.4. The van der Waals surface area contributed by atoms with Crippen LogP contribution in [-0.4, -0.2) is 46.2 Å². The fourth-order valence-corrected chi connectivity index (χ4v) is 5.32. The summed E-state index contributed by atoms with van der Waals surface area (Å²) in [7, 11) is -1.00. The van der Waals surface area contributed by atoms with Gasteiger partial charge in [-0.15, -0.1) is 0 Å². The molecule has 0 aliphatic carbocycles. The van der Waals surface area contributed by atoms with E-state index in [1.54, 1.807) is 19.2 Å². The van der Waals surface area contributed by atoms with Gasteiger partial charge >= 0.3 is 7.12 Å². The van der Waals surface area contributed by atoms with Crippen molar-refractivity contribution in [3.63, 3.8) is 0 Å². The molecular weight excluding hydrogens is 481 g/mol. The third kappa shape index (κ3) is 6.31. The topological polar surface area (TPSA) is 66.0 Å². The van der Waals surface area contributed by atoms with E-state index in [2.05, 4.69) is 92.0 Å². The van der Waals surface area contributed by atoms with Crippen molar-refractivity contribution in [1.29, 1.82) is 0 Å². The summed E-state index contributed by atoms with van der Waals surface area (Å²) in [6.45, 7) is 21.8. The number of rotatable bonds is 8. The van der Waals surface area contributed by atoms with E-state index in [0.717, 1.165) is 16.6 Å². The van der Waals surface area contributed by atoms with Crippen molar-refractivity contribution in [3.05, 3.63) is 59.2 Å². The molecule has 1 unspecified atom stereocenters. The summed E-state index contributed by atoms with van der Waals surface area (Å²) in [6.07, 6.45) is -0.299. The molecule has 3 rings (SSSR count). The van der Waals surface area contributed by atoms with Gasteiger partial charge in [-0.05, 0) is 81.5 Å². The van der Waals surface area contributed by atoms with Gasteiger partial charge in [0.15, 0.2) is 8.32 Å². The van der Waals surface area contributed by atoms with Crippen molar-refractivity contribution < 1.29 is 23.3 Å². The first-order chi connectivity index (χ1) is 17.0. The second kappa shape index (κ2) is 10.6. The number of nitrogens with one attached hydrogen (secondary N) is 1. The molecule has 202 valence electrons. The Morgan fingerprint density at radius 3 is 2.19 bits per heavy atom. The Labute approximate surface area is 224 Å². The lowest BCUT2D eigenvalue weighted by atomic mass is 9.77. The van der Waals surface area contributed by atoms with E-state index in [1.165, 1.54) is 0 Å². The lowest BCUT2D eigenvalue weighted by Crippen LogP contribution is -2.44. The monoisotopic (exact) mass is 525 g/mol. The van der Waals surface area contributed by atoms with Crippen molar-refractivity contribution in [3.8, 4) is 5.75 Å². The van der Waals surface area contributed by atoms with Gasteiger partial charge in [0.05, 0.1) is 30.0 Å². The van der Waals surface area contributed by atoms with Crippen LogP contribution in [0.4, 0.5) is 0 Å². The fraction of sp³-hybridized carbons (Fsp3) is 0.552. The molecule has 1 aliphatic rings. The average Bonchev–Trinajstić information content (AvgIpc) is 3.02. The lowest BCUT2D eigenvalue weighted by molar-refractivity contribution is 0.00578. The largest absolute Gasteiger partial charge is 0.496 e. The van der Waals surface area contributed by atoms with Crippen LogP contribution in [-0.2, 0) is 13.7 Å². The van der Waals surface area contributed by atoms with Crippen LogP contribution in [0.5, 0.6) is 5.75 Å². The molecule has 1 heterocycles. The third-order valence-corrected chi connectivity index (χ3v) is 12.7. The van der Waals surface area contributed by atoms with Crippen LogP contribution in [0.2, 0.25) is 18.1 Å². The molecule has 0 saturated carbocycles. The highest BCUT2D eigenvalue weighted by Crippen LogP contribution is 2.40. The molecular formula is C29H44BNO5Si. The molecule has 2 aromatic rings. The molecule has 1 fully saturated rings. The Morgan fingerprint density at radius 2 is 1.65 bits per heavy atom. The second-order valence-electron chi connectivity index (χ2n) is 12.5. The van der Waals surface area contributed by atoms with Gasteiger partial charge in [-0.2, -0.15) is 0 Å². The first-order valence-electron chi connectivity index (χ1n) is 13.0. The minimum Gasteiger partial charge on any atom is -0.496 e. The molecule has 1 N–H and O–H groups in total. The van der Waals surface area contributed by atoms with Crippen LogP contribution in [0.3, 0.4) is 0 Å². The van der Waals surface area contributed by atoms with Crippen molar-refractivity contribution in [2.24, 2.45) is 0 Å². The van der Waals surface area contributed by atoms with Crippen LogP contribution in [0.15, 0.2) is 42.5 Å². The first-order valence-corrected chi connectivity index (χ1v) is 15.9. The van der Waals surface area contributed by atoms with Gasteiger partial charge in [0.1, 0.15) is 5.75 Å². The fourth-order valence-electron chi connectivity index (χ4n) is 4.05. The standard InChI is InChI=1S/C29H44BNO5Si/c1-20-18-21(30-35-28(5,6)29(7,8)36-30)16-17-22(20)25(34-37(10,11)27(2,3)4)19-31-26(32)23-14-12-13-15-24(23)33-9/h12-18,25H,19H2,1-11H3,(H,31,32). The summed E-state index contributed by atoms with van der Waals surface area (Å²) in [5.41, 5.74) is 2.79. The van der Waals surface area contributed by atoms with Crippen molar-refractivity contribution in [1.82, 2.24) is 5.32 Å². The molecule has 1 atom stereocenters. The molecule has 0 bridgehead atoms. The third-order valence-electron chi connectivity index (χ3n) is 8.21. The number of hydrogen-bond donors (Lipinski definition) is 1. The predicted octanol–water partition coefficient (Wildman–Crippen LogP) is 5.80. The number of methoxy groups -OCH3 is 1. The summed E-state index contributed by atoms with van der Waals surface area (Å²) < 4.78 is 24.8. The number of carbonyl (C=O) groups is 1. The van der Waals surface area contributed by atoms with Gasteiger partial charge in [-0.3, -0.25) is 4.79 Å². The molecule has 1 amide bonds. The normalized spacial score (nSPS) is 18.0. The van der Waals surface area contributed by atoms with Gasteiger partial charge in [-0.1, -0.05) is 51.1 Å². The molecule has 0 spiro atoms. The number of para-hydroxylation sites is 1. The molecule has 1 saturated heterocycles. The lowest BCUT2D eigenvalue weighted by Gasteiger charge is -2.39. The van der Waals surface area contributed by atoms with E-state index in [-0.39, 0.29) is 17.0 Å². The minimum absolute atomic E-state index is 0.0223. The van der Waals surface area contributed by atoms with E-state index >= 15 is 0 Å². The maximum atomic E-state index is 13.1. The van der Waals surface area contributed by atoms with Crippen molar-refractivity contribution >= 4 is 26.8 Å². The zero-order chi connectivity index (χ0) is 27.8. The number of carbonyl (C=O) groups excluding carboxylic acids is 1. The summed E-state index contributed by atoms with van der Waals surface area (Å²) in [6, 6.07) is 13.5. The number of amides is 1. The van der Waals surface area contributed by atoms with Gasteiger partial charge in [0.25, 0.3) is 5.91 Å². The quantitative estimate of drug-likeness (QED) is 0.442. The molecule has 1 aliphatic heterocycles. The zero-order valence-corrected chi connectivity index (χ0v) is 25.4. The summed E-state index contributed by atoms with van der Waals surface area (Å²) >= 11 is 0. The smallest absolute Gasteiger partial charge is 0.494 e. The van der Waals surface area contributed by atoms with E-state index in [0.29, 0.717) is 17.9 Å². The molecule has 0 radical (unpaired) electrons. The van der Waals surface area contributed by atoms with Gasteiger partial charge in [0, 0.05) is 6.54 Å². The SMILES string of the molecule is COc1ccccc1C(=O)NCC(O[Si](C)(C)C(C)(C)C)c1ccc(B2OC(C)(C)C(C)(C)O2)cc1C. The molecule has 8 heteroatoms. The number of benzene rings is 2. The van der Waals surface area contributed by atoms with Crippen LogP contribution in [0.1, 0.15) is 76.1 Å². The Morgan fingerprint density at radius 1 is 1.05 bits per heavy atom. The summed E-state index contributed by atoms with van der Waals surface area (Å²) in [5.74, 6) is 0.359. The summed E-state index contributed by atoms with van der Waals surface area (Å²) in [4.78, 5) is 13.1. The van der Waals surface area contributed by atoms with E-state index in [9.17, 15) is 4.79 Å². The highest BCUT2D eigenvalue weighted by molar-refractivity contribution is 6.74. The van der Waals surface area contributed by atoms with Gasteiger partial charge in [0.2, 0.25) is 0 Å². The van der Waals surface area contributed by atoms with E-state index in [1.807, 2.05) is 12.1 Å². The van der Waals surface area contributed by atoms with Crippen LogP contribution < -0.4 is 15.5 Å². The molecule has 2 aromatic carbocycles. The van der Waals surface area contributed by atoms with Gasteiger partial charge in [-0.25, -0.2) is 0 Å². The van der Waals surface area contributed by atoms with Crippen LogP contribution in [0, 0.1) is 6.92 Å². The Hall–Kier alpha value is -2.13. The molecule has 37 heavy (non-hydrogen) atoms. The predicted molar refractivity (Wildman–Crippen MR) is 153 cm³/mol. The Balaban J connectivity index is 1.89. The maximum absolute atomic E-state index is 13.1. The van der Waals surface area contributed by atoms with Crippen molar-refractivity contribution in [2.45, 2.75) is 90.8 Å². The molecule has 6 nitrogen and oxygen atoms in total. The van der Waals surface area contributed by atoms with Gasteiger partial charge < -0.3 is 23.8 Å². The van der Waals surface area contributed by atoms with E-state index in [4.69, 9.17) is 18.5 Å². The highest BCUT2D eigenvalue weighted by Gasteiger charge is 2.51.